The van der Waals surface area contributed by atoms with Gasteiger partial charge in [-0.05, 0) is 49.6 Å². The highest BCUT2D eigenvalue weighted by Gasteiger charge is 2.36. The summed E-state index contributed by atoms with van der Waals surface area (Å²) in [6.07, 6.45) is 7.44. The first-order chi connectivity index (χ1) is 19.2. The number of likely N-dealkylation sites (N-methyl/N-ethyl adjacent to an activating group) is 1. The fourth-order valence-corrected chi connectivity index (χ4v) is 6.36. The number of hydrogen-bond donors (Lipinski definition) is 2. The van der Waals surface area contributed by atoms with Crippen molar-refractivity contribution in [3.63, 3.8) is 0 Å². The minimum Gasteiger partial charge on any atom is -0.440 e. The van der Waals surface area contributed by atoms with Crippen molar-refractivity contribution in [2.24, 2.45) is 0 Å². The smallest absolute Gasteiger partial charge is 0.199 e. The molecule has 9 heteroatoms. The zero-order valence-electron chi connectivity index (χ0n) is 22.3. The Morgan fingerprint density at radius 2 is 1.85 bits per heavy atom. The van der Waals surface area contributed by atoms with E-state index in [1.54, 1.807) is 12.5 Å². The van der Waals surface area contributed by atoms with Crippen molar-refractivity contribution in [3.05, 3.63) is 78.1 Å². The van der Waals surface area contributed by atoms with Crippen LogP contribution in [0.15, 0.2) is 65.5 Å². The van der Waals surface area contributed by atoms with E-state index in [9.17, 15) is 0 Å². The third-order valence-electron chi connectivity index (χ3n) is 8.51. The zero-order chi connectivity index (χ0) is 26.2. The van der Waals surface area contributed by atoms with Crippen LogP contribution >= 0.6 is 0 Å². The maximum Gasteiger partial charge on any atom is 0.199 e. The number of nitrogens with zero attached hydrogens (tertiary/aromatic N) is 6. The minimum absolute atomic E-state index is 0.339. The highest BCUT2D eigenvalue weighted by Crippen LogP contribution is 2.38. The number of aromatic nitrogens is 5. The van der Waals surface area contributed by atoms with E-state index in [0.717, 1.165) is 79.3 Å². The number of aromatic amines is 1. The summed E-state index contributed by atoms with van der Waals surface area (Å²) in [5, 5.41) is 11.8. The van der Waals surface area contributed by atoms with Gasteiger partial charge in [0, 0.05) is 50.6 Å². The van der Waals surface area contributed by atoms with E-state index in [2.05, 4.69) is 71.6 Å². The Morgan fingerprint density at radius 3 is 2.69 bits per heavy atom. The summed E-state index contributed by atoms with van der Waals surface area (Å²) in [6, 6.07) is 18.0. The molecule has 5 aromatic rings. The minimum atomic E-state index is 0.339. The van der Waals surface area contributed by atoms with Gasteiger partial charge in [-0.15, -0.1) is 0 Å². The van der Waals surface area contributed by atoms with Crippen molar-refractivity contribution in [2.45, 2.75) is 43.7 Å². The van der Waals surface area contributed by atoms with Gasteiger partial charge in [-0.2, -0.15) is 5.10 Å². The van der Waals surface area contributed by atoms with E-state index in [4.69, 9.17) is 4.42 Å². The number of fused-ring (bicyclic) bond motifs is 2. The van der Waals surface area contributed by atoms with Gasteiger partial charge >= 0.3 is 0 Å². The lowest BCUT2D eigenvalue weighted by atomic mass is 9.76. The molecule has 3 unspecified atom stereocenters. The molecule has 2 N–H and O–H groups in total. The number of H-pyrrole nitrogens is 1. The molecule has 1 aliphatic heterocycles. The maximum absolute atomic E-state index is 5.97. The Hall–Kier alpha value is -3.82. The predicted molar refractivity (Wildman–Crippen MR) is 152 cm³/mol. The molecule has 0 amide bonds. The third kappa shape index (κ3) is 4.99. The first-order valence-corrected chi connectivity index (χ1v) is 14.0. The molecule has 1 aliphatic carbocycles. The van der Waals surface area contributed by atoms with Crippen LogP contribution in [0.1, 0.15) is 42.2 Å². The average Bonchev–Trinajstić information content (AvgIpc) is 3.61. The van der Waals surface area contributed by atoms with E-state index in [1.807, 2.05) is 24.3 Å². The maximum atomic E-state index is 5.97. The summed E-state index contributed by atoms with van der Waals surface area (Å²) in [5.74, 6) is 2.07. The van der Waals surface area contributed by atoms with Gasteiger partial charge in [-0.1, -0.05) is 36.4 Å². The van der Waals surface area contributed by atoms with Gasteiger partial charge in [-0.3, -0.25) is 10.00 Å². The SMILES string of the molecule is CN1CCN(C2CCC(Nc3ncnc4[nH]ncc34)CC2c2ccc(Cc3nc4ccccc4o3)cc2)CC1. The number of benzene rings is 2. The Balaban J connectivity index is 1.12. The summed E-state index contributed by atoms with van der Waals surface area (Å²) in [4.78, 5) is 18.7. The molecule has 2 aromatic carbocycles. The first-order valence-electron chi connectivity index (χ1n) is 14.0. The quantitative estimate of drug-likeness (QED) is 0.338. The Kier molecular flexibility index (Phi) is 6.46. The highest BCUT2D eigenvalue weighted by atomic mass is 16.3. The van der Waals surface area contributed by atoms with Crippen LogP contribution in [0.25, 0.3) is 22.1 Å². The first kappa shape index (κ1) is 24.2. The molecular weight excluding hydrogens is 488 g/mol. The second-order valence-electron chi connectivity index (χ2n) is 11.0. The second kappa shape index (κ2) is 10.4. The molecule has 1 saturated carbocycles. The van der Waals surface area contributed by atoms with Crippen LogP contribution in [0.3, 0.4) is 0 Å². The van der Waals surface area contributed by atoms with Gasteiger partial charge in [-0.25, -0.2) is 15.0 Å². The lowest BCUT2D eigenvalue weighted by Crippen LogP contribution is -2.53. The van der Waals surface area contributed by atoms with Gasteiger partial charge in [0.05, 0.1) is 11.6 Å². The van der Waals surface area contributed by atoms with Gasteiger partial charge in [0.15, 0.2) is 17.1 Å². The van der Waals surface area contributed by atoms with Gasteiger partial charge in [0.25, 0.3) is 0 Å². The van der Waals surface area contributed by atoms with E-state index in [0.29, 0.717) is 24.4 Å². The zero-order valence-corrected chi connectivity index (χ0v) is 22.3. The normalized spacial score (nSPS) is 22.9. The Labute approximate surface area is 227 Å². The Bertz CT molecular complexity index is 1520. The third-order valence-corrected chi connectivity index (χ3v) is 8.51. The topological polar surface area (TPSA) is 99.0 Å². The molecule has 1 saturated heterocycles. The van der Waals surface area contributed by atoms with E-state index in [1.165, 1.54) is 11.1 Å². The molecule has 200 valence electrons. The summed E-state index contributed by atoms with van der Waals surface area (Å²) in [6.45, 7) is 4.53. The van der Waals surface area contributed by atoms with Crippen molar-refractivity contribution < 1.29 is 4.42 Å². The molecule has 9 nitrogen and oxygen atoms in total. The number of piperazine rings is 1. The summed E-state index contributed by atoms with van der Waals surface area (Å²) in [7, 11) is 2.23. The molecule has 0 bridgehead atoms. The molecule has 4 heterocycles. The molecule has 3 atom stereocenters. The second-order valence-corrected chi connectivity index (χ2v) is 11.0. The van der Waals surface area contributed by atoms with E-state index >= 15 is 0 Å². The summed E-state index contributed by atoms with van der Waals surface area (Å²) in [5.41, 5.74) is 5.15. The predicted octanol–water partition coefficient (Wildman–Crippen LogP) is 4.45. The van der Waals surface area contributed by atoms with Crippen molar-refractivity contribution in [1.82, 2.24) is 34.9 Å². The van der Waals surface area contributed by atoms with Gasteiger partial charge in [0.2, 0.25) is 0 Å². The van der Waals surface area contributed by atoms with Crippen LogP contribution in [0.2, 0.25) is 0 Å². The fraction of sp³-hybridized carbons (Fsp3) is 0.400. The number of para-hydroxylation sites is 2. The lowest BCUT2D eigenvalue weighted by molar-refractivity contribution is 0.0767. The van der Waals surface area contributed by atoms with Crippen molar-refractivity contribution in [3.8, 4) is 0 Å². The van der Waals surface area contributed by atoms with Crippen LogP contribution < -0.4 is 5.32 Å². The Morgan fingerprint density at radius 1 is 1.00 bits per heavy atom. The van der Waals surface area contributed by atoms with Crippen molar-refractivity contribution in [2.75, 3.05) is 38.5 Å². The van der Waals surface area contributed by atoms with Crippen LogP contribution in [-0.4, -0.2) is 80.3 Å². The molecule has 2 fully saturated rings. The van der Waals surface area contributed by atoms with Crippen molar-refractivity contribution in [1.29, 1.82) is 0 Å². The summed E-state index contributed by atoms with van der Waals surface area (Å²) >= 11 is 0. The van der Waals surface area contributed by atoms with E-state index in [-0.39, 0.29) is 0 Å². The number of nitrogens with one attached hydrogen (secondary N) is 2. The largest absolute Gasteiger partial charge is 0.440 e. The molecule has 7 rings (SSSR count). The molecule has 3 aromatic heterocycles. The number of hydrogen-bond acceptors (Lipinski definition) is 8. The van der Waals surface area contributed by atoms with Gasteiger partial charge < -0.3 is 14.6 Å². The number of anilines is 1. The van der Waals surface area contributed by atoms with Crippen LogP contribution in [0.4, 0.5) is 5.82 Å². The molecule has 0 spiro atoms. The molecule has 39 heavy (non-hydrogen) atoms. The molecule has 0 radical (unpaired) electrons. The fourth-order valence-electron chi connectivity index (χ4n) is 6.36. The van der Waals surface area contributed by atoms with Gasteiger partial charge in [0.1, 0.15) is 17.7 Å². The van der Waals surface area contributed by atoms with Crippen molar-refractivity contribution >= 4 is 28.0 Å². The average molecular weight is 523 g/mol. The monoisotopic (exact) mass is 522 g/mol. The lowest BCUT2D eigenvalue weighted by Gasteiger charge is -2.45. The highest BCUT2D eigenvalue weighted by molar-refractivity contribution is 5.85. The number of rotatable bonds is 6. The molecule has 2 aliphatic rings. The summed E-state index contributed by atoms with van der Waals surface area (Å²) < 4.78 is 5.97. The standard InChI is InChI=1S/C30H34N8O/c1-37-12-14-38(15-13-37)26-11-10-22(34-29-24-18-33-36-30(24)32-19-31-29)17-23(26)21-8-6-20(7-9-21)16-28-35-25-4-2-3-5-27(25)39-28/h2-9,18-19,22-23,26H,10-17H2,1H3,(H2,31,32,33,34,36). The van der Waals surface area contributed by atoms with Crippen LogP contribution in [0, 0.1) is 0 Å². The van der Waals surface area contributed by atoms with Crippen LogP contribution in [0.5, 0.6) is 0 Å². The van der Waals surface area contributed by atoms with Crippen LogP contribution in [-0.2, 0) is 6.42 Å². The number of oxazole rings is 1. The molecular formula is C30H34N8O. The van der Waals surface area contributed by atoms with E-state index < -0.39 is 0 Å².